The first-order chi connectivity index (χ1) is 9.13. The van der Waals surface area contributed by atoms with E-state index in [2.05, 4.69) is 25.7 Å². The van der Waals surface area contributed by atoms with Crippen molar-refractivity contribution in [2.45, 2.75) is 83.7 Å². The van der Waals surface area contributed by atoms with E-state index < -0.39 is 0 Å². The number of nitrogens with zero attached hydrogens (tertiary/aromatic N) is 1. The average Bonchev–Trinajstić information content (AvgIpc) is 2.47. The minimum absolute atomic E-state index is 0.328. The predicted molar refractivity (Wildman–Crippen MR) is 83.2 cm³/mol. The molecule has 112 valence electrons. The Kier molecular flexibility index (Phi) is 5.30. The molecule has 3 atom stereocenters. The smallest absolute Gasteiger partial charge is 0.0337 e. The second kappa shape index (κ2) is 6.58. The van der Waals surface area contributed by atoms with E-state index in [4.69, 9.17) is 5.73 Å². The van der Waals surface area contributed by atoms with Gasteiger partial charge in [0.1, 0.15) is 0 Å². The fourth-order valence-corrected chi connectivity index (χ4v) is 4.57. The molecule has 2 N–H and O–H groups in total. The Morgan fingerprint density at radius 3 is 2.63 bits per heavy atom. The van der Waals surface area contributed by atoms with E-state index in [0.29, 0.717) is 5.54 Å². The predicted octanol–water partition coefficient (Wildman–Crippen LogP) is 3.79. The minimum atomic E-state index is 0.328. The van der Waals surface area contributed by atoms with Crippen molar-refractivity contribution in [1.29, 1.82) is 0 Å². The summed E-state index contributed by atoms with van der Waals surface area (Å²) in [6.45, 7) is 9.30. The van der Waals surface area contributed by atoms with Gasteiger partial charge in [-0.25, -0.2) is 0 Å². The quantitative estimate of drug-likeness (QED) is 0.838. The van der Waals surface area contributed by atoms with Crippen molar-refractivity contribution in [2.75, 3.05) is 13.1 Å². The van der Waals surface area contributed by atoms with Crippen LogP contribution < -0.4 is 5.73 Å². The van der Waals surface area contributed by atoms with Gasteiger partial charge >= 0.3 is 0 Å². The van der Waals surface area contributed by atoms with Gasteiger partial charge in [-0.15, -0.1) is 0 Å². The van der Waals surface area contributed by atoms with Crippen molar-refractivity contribution in [3.8, 4) is 0 Å². The molecule has 2 aliphatic rings. The summed E-state index contributed by atoms with van der Waals surface area (Å²) in [7, 11) is 0. The molecule has 0 aromatic rings. The molecule has 2 rings (SSSR count). The summed E-state index contributed by atoms with van der Waals surface area (Å²) in [6.07, 6.45) is 11.0. The molecule has 2 heteroatoms. The van der Waals surface area contributed by atoms with Gasteiger partial charge in [-0.2, -0.15) is 0 Å². The number of rotatable bonds is 4. The Bertz CT molecular complexity index is 276. The lowest BCUT2D eigenvalue weighted by Crippen LogP contribution is -2.61. The van der Waals surface area contributed by atoms with E-state index in [0.717, 1.165) is 24.4 Å². The van der Waals surface area contributed by atoms with Crippen molar-refractivity contribution in [2.24, 2.45) is 17.6 Å². The maximum Gasteiger partial charge on any atom is 0.0337 e. The van der Waals surface area contributed by atoms with Crippen molar-refractivity contribution in [1.82, 2.24) is 4.90 Å². The Hall–Kier alpha value is -0.0800. The summed E-state index contributed by atoms with van der Waals surface area (Å²) < 4.78 is 0. The standard InChI is InChI=1S/C17H34N2/c1-4-16-9-5-6-11-19(16)17(13-18)10-7-8-15(12-17)14(2)3/h14-16H,4-13,18H2,1-3H3. The Balaban J connectivity index is 2.15. The number of hydrogen-bond donors (Lipinski definition) is 1. The molecule has 2 nitrogen and oxygen atoms in total. The van der Waals surface area contributed by atoms with Crippen LogP contribution in [-0.2, 0) is 0 Å². The zero-order valence-corrected chi connectivity index (χ0v) is 13.3. The van der Waals surface area contributed by atoms with Gasteiger partial charge in [-0.3, -0.25) is 4.90 Å². The number of likely N-dealkylation sites (tertiary alicyclic amines) is 1. The van der Waals surface area contributed by atoms with Gasteiger partial charge in [0.25, 0.3) is 0 Å². The highest BCUT2D eigenvalue weighted by Crippen LogP contribution is 2.42. The van der Waals surface area contributed by atoms with E-state index in [1.807, 2.05) is 0 Å². The second-order valence-corrected chi connectivity index (χ2v) is 7.28. The van der Waals surface area contributed by atoms with Crippen LogP contribution in [0.4, 0.5) is 0 Å². The Morgan fingerprint density at radius 1 is 1.21 bits per heavy atom. The molecule has 19 heavy (non-hydrogen) atoms. The molecule has 0 bridgehead atoms. The molecule has 0 amide bonds. The lowest BCUT2D eigenvalue weighted by Gasteiger charge is -2.53. The van der Waals surface area contributed by atoms with Crippen LogP contribution in [0.25, 0.3) is 0 Å². The zero-order valence-electron chi connectivity index (χ0n) is 13.3. The molecule has 0 aromatic heterocycles. The summed E-state index contributed by atoms with van der Waals surface area (Å²) in [5, 5.41) is 0. The third-order valence-corrected chi connectivity index (χ3v) is 5.89. The zero-order chi connectivity index (χ0) is 13.9. The minimum Gasteiger partial charge on any atom is -0.329 e. The maximum absolute atomic E-state index is 6.31. The molecule has 3 unspecified atom stereocenters. The van der Waals surface area contributed by atoms with Crippen molar-refractivity contribution in [3.63, 3.8) is 0 Å². The summed E-state index contributed by atoms with van der Waals surface area (Å²) in [5.74, 6) is 1.70. The first-order valence-corrected chi connectivity index (χ1v) is 8.60. The average molecular weight is 266 g/mol. The van der Waals surface area contributed by atoms with Gasteiger partial charge < -0.3 is 5.73 Å². The van der Waals surface area contributed by atoms with Gasteiger partial charge in [-0.05, 0) is 50.5 Å². The topological polar surface area (TPSA) is 29.3 Å². The van der Waals surface area contributed by atoms with E-state index in [9.17, 15) is 0 Å². The highest BCUT2D eigenvalue weighted by Gasteiger charge is 2.43. The van der Waals surface area contributed by atoms with E-state index in [1.165, 1.54) is 57.9 Å². The first kappa shape index (κ1) is 15.3. The fourth-order valence-electron chi connectivity index (χ4n) is 4.57. The summed E-state index contributed by atoms with van der Waals surface area (Å²) in [6, 6.07) is 0.795. The van der Waals surface area contributed by atoms with Gasteiger partial charge in [-0.1, -0.05) is 40.0 Å². The van der Waals surface area contributed by atoms with Crippen molar-refractivity contribution >= 4 is 0 Å². The molecule has 1 aliphatic heterocycles. The van der Waals surface area contributed by atoms with Crippen LogP contribution >= 0.6 is 0 Å². The largest absolute Gasteiger partial charge is 0.329 e. The monoisotopic (exact) mass is 266 g/mol. The maximum atomic E-state index is 6.31. The number of piperidine rings is 1. The second-order valence-electron chi connectivity index (χ2n) is 7.28. The molecule has 0 spiro atoms. The van der Waals surface area contributed by atoms with Gasteiger partial charge in [0.05, 0.1) is 0 Å². The van der Waals surface area contributed by atoms with E-state index in [1.54, 1.807) is 0 Å². The van der Waals surface area contributed by atoms with E-state index in [-0.39, 0.29) is 0 Å². The van der Waals surface area contributed by atoms with Crippen LogP contribution in [0.2, 0.25) is 0 Å². The lowest BCUT2D eigenvalue weighted by molar-refractivity contribution is -0.0241. The van der Waals surface area contributed by atoms with E-state index >= 15 is 0 Å². The number of hydrogen-bond acceptors (Lipinski definition) is 2. The molecule has 1 saturated carbocycles. The summed E-state index contributed by atoms with van der Waals surface area (Å²) in [4.78, 5) is 2.84. The van der Waals surface area contributed by atoms with Crippen molar-refractivity contribution < 1.29 is 0 Å². The third-order valence-electron chi connectivity index (χ3n) is 5.89. The number of nitrogens with two attached hydrogens (primary N) is 1. The van der Waals surface area contributed by atoms with Gasteiger partial charge in [0, 0.05) is 18.1 Å². The molecule has 1 aliphatic carbocycles. The molecule has 1 saturated heterocycles. The SMILES string of the molecule is CCC1CCCCN1C1(CN)CCCC(C(C)C)C1. The molecule has 1 heterocycles. The highest BCUT2D eigenvalue weighted by atomic mass is 15.2. The molecular weight excluding hydrogens is 232 g/mol. The fraction of sp³-hybridized carbons (Fsp3) is 1.00. The van der Waals surface area contributed by atoms with Crippen LogP contribution in [-0.4, -0.2) is 29.6 Å². The van der Waals surface area contributed by atoms with Crippen molar-refractivity contribution in [3.05, 3.63) is 0 Å². The van der Waals surface area contributed by atoms with Gasteiger partial charge in [0.2, 0.25) is 0 Å². The first-order valence-electron chi connectivity index (χ1n) is 8.60. The van der Waals surface area contributed by atoms with Crippen LogP contribution in [0.5, 0.6) is 0 Å². The molecule has 0 aromatic carbocycles. The van der Waals surface area contributed by atoms with Gasteiger partial charge in [0.15, 0.2) is 0 Å². The Labute approximate surface area is 120 Å². The summed E-state index contributed by atoms with van der Waals surface area (Å²) >= 11 is 0. The lowest BCUT2D eigenvalue weighted by atomic mass is 9.69. The third kappa shape index (κ3) is 3.16. The van der Waals surface area contributed by atoms with Crippen LogP contribution in [0.15, 0.2) is 0 Å². The highest BCUT2D eigenvalue weighted by molar-refractivity contribution is 5.00. The molecule has 0 radical (unpaired) electrons. The summed E-state index contributed by atoms with van der Waals surface area (Å²) in [5.41, 5.74) is 6.63. The van der Waals surface area contributed by atoms with Crippen LogP contribution in [0, 0.1) is 11.8 Å². The normalized spacial score (nSPS) is 37.7. The van der Waals surface area contributed by atoms with Crippen LogP contribution in [0.1, 0.15) is 72.1 Å². The van der Waals surface area contributed by atoms with Crippen LogP contribution in [0.3, 0.4) is 0 Å². The Morgan fingerprint density at radius 2 is 2.00 bits per heavy atom. The molecule has 2 fully saturated rings. The molecular formula is C17H34N2.